The molecule has 1 saturated heterocycles. The van der Waals surface area contributed by atoms with Gasteiger partial charge in [0.25, 0.3) is 0 Å². The summed E-state index contributed by atoms with van der Waals surface area (Å²) in [4.78, 5) is 17.9. The Morgan fingerprint density at radius 2 is 1.95 bits per heavy atom. The molecule has 0 atom stereocenters. The zero-order valence-electron chi connectivity index (χ0n) is 12.3. The van der Waals surface area contributed by atoms with Crippen LogP contribution in [-0.2, 0) is 0 Å². The van der Waals surface area contributed by atoms with Gasteiger partial charge in [-0.2, -0.15) is 15.0 Å². The van der Waals surface area contributed by atoms with E-state index in [4.69, 9.17) is 5.73 Å². The normalized spacial score (nSPS) is 18.6. The summed E-state index contributed by atoms with van der Waals surface area (Å²) in [6, 6.07) is 0.606. The molecule has 1 aliphatic heterocycles. The van der Waals surface area contributed by atoms with E-state index in [2.05, 4.69) is 31.7 Å². The van der Waals surface area contributed by atoms with Crippen LogP contribution in [0.1, 0.15) is 45.4 Å². The summed E-state index contributed by atoms with van der Waals surface area (Å²) < 4.78 is 0. The Balaban J connectivity index is 1.82. The van der Waals surface area contributed by atoms with Gasteiger partial charge in [-0.3, -0.25) is 0 Å². The summed E-state index contributed by atoms with van der Waals surface area (Å²) in [7, 11) is 0. The smallest absolute Gasteiger partial charge is 0.232 e. The molecule has 3 rings (SSSR count). The van der Waals surface area contributed by atoms with Gasteiger partial charge in [0.05, 0.1) is 0 Å². The maximum Gasteiger partial charge on any atom is 0.232 e. The highest BCUT2D eigenvalue weighted by Crippen LogP contribution is 2.31. The van der Waals surface area contributed by atoms with Crippen LogP contribution in [0.3, 0.4) is 0 Å². The van der Waals surface area contributed by atoms with Gasteiger partial charge in [-0.1, -0.05) is 13.3 Å². The minimum Gasteiger partial charge on any atom is -0.368 e. The van der Waals surface area contributed by atoms with Crippen molar-refractivity contribution >= 4 is 17.8 Å². The monoisotopic (exact) mass is 276 g/mol. The van der Waals surface area contributed by atoms with Crippen LogP contribution in [-0.4, -0.2) is 40.6 Å². The second-order valence-electron chi connectivity index (χ2n) is 5.77. The van der Waals surface area contributed by atoms with Crippen molar-refractivity contribution in [3.63, 3.8) is 0 Å². The first kappa shape index (κ1) is 13.4. The second-order valence-corrected chi connectivity index (χ2v) is 5.77. The number of nitrogens with zero attached hydrogens (tertiary/aromatic N) is 5. The molecule has 6 nitrogen and oxygen atoms in total. The van der Waals surface area contributed by atoms with Crippen LogP contribution in [0.15, 0.2) is 0 Å². The van der Waals surface area contributed by atoms with Crippen molar-refractivity contribution in [1.82, 2.24) is 15.0 Å². The Labute approximate surface area is 120 Å². The summed E-state index contributed by atoms with van der Waals surface area (Å²) in [6.07, 6.45) is 7.26. The van der Waals surface area contributed by atoms with E-state index < -0.39 is 0 Å². The summed E-state index contributed by atoms with van der Waals surface area (Å²) in [5.41, 5.74) is 5.90. The largest absolute Gasteiger partial charge is 0.368 e. The van der Waals surface area contributed by atoms with Gasteiger partial charge in [0.15, 0.2) is 0 Å². The molecule has 0 radical (unpaired) electrons. The molecule has 0 amide bonds. The fourth-order valence-corrected chi connectivity index (χ4v) is 2.72. The number of unbranched alkanes of at least 4 members (excludes halogenated alkanes) is 1. The lowest BCUT2D eigenvalue weighted by Gasteiger charge is -2.24. The van der Waals surface area contributed by atoms with Gasteiger partial charge in [-0.15, -0.1) is 0 Å². The second kappa shape index (κ2) is 5.81. The molecule has 110 valence electrons. The average Bonchev–Trinajstić information content (AvgIpc) is 3.12. The van der Waals surface area contributed by atoms with Crippen molar-refractivity contribution in [1.29, 1.82) is 0 Å². The molecular weight excluding hydrogens is 252 g/mol. The molecular formula is C14H24N6. The Morgan fingerprint density at radius 3 is 2.60 bits per heavy atom. The third kappa shape index (κ3) is 2.94. The van der Waals surface area contributed by atoms with Gasteiger partial charge in [0.2, 0.25) is 17.8 Å². The van der Waals surface area contributed by atoms with E-state index in [1.54, 1.807) is 0 Å². The lowest BCUT2D eigenvalue weighted by Crippen LogP contribution is -2.30. The highest BCUT2D eigenvalue weighted by molar-refractivity contribution is 5.45. The number of rotatable bonds is 6. The molecule has 1 saturated carbocycles. The Bertz CT molecular complexity index is 453. The Morgan fingerprint density at radius 1 is 1.20 bits per heavy atom. The SMILES string of the molecule is CCCCN(c1nc(N)nc(N2CCCC2)n1)C1CC1. The molecule has 20 heavy (non-hydrogen) atoms. The lowest BCUT2D eigenvalue weighted by atomic mass is 10.3. The molecule has 1 aromatic heterocycles. The molecule has 1 aliphatic carbocycles. The van der Waals surface area contributed by atoms with Crippen LogP contribution in [0.4, 0.5) is 17.8 Å². The number of aromatic nitrogens is 3. The molecule has 0 aromatic carbocycles. The van der Waals surface area contributed by atoms with E-state index in [-0.39, 0.29) is 0 Å². The highest BCUT2D eigenvalue weighted by atomic mass is 15.4. The Kier molecular flexibility index (Phi) is 3.89. The summed E-state index contributed by atoms with van der Waals surface area (Å²) in [6.45, 7) is 5.29. The van der Waals surface area contributed by atoms with Gasteiger partial charge < -0.3 is 15.5 Å². The van der Waals surface area contributed by atoms with Crippen molar-refractivity contribution in [3.8, 4) is 0 Å². The van der Waals surface area contributed by atoms with Crippen molar-refractivity contribution in [3.05, 3.63) is 0 Å². The standard InChI is InChI=1S/C14H24N6/c1-2-3-10-20(11-6-7-11)14-17-12(15)16-13(18-14)19-8-4-5-9-19/h11H,2-10H2,1H3,(H2,15,16,17,18). The van der Waals surface area contributed by atoms with Crippen molar-refractivity contribution in [2.75, 3.05) is 35.2 Å². The minimum atomic E-state index is 0.346. The van der Waals surface area contributed by atoms with E-state index in [1.165, 1.54) is 38.5 Å². The van der Waals surface area contributed by atoms with E-state index in [0.717, 1.165) is 31.5 Å². The minimum absolute atomic E-state index is 0.346. The van der Waals surface area contributed by atoms with E-state index in [9.17, 15) is 0 Å². The van der Waals surface area contributed by atoms with E-state index in [1.807, 2.05) is 0 Å². The first-order chi connectivity index (χ1) is 9.78. The van der Waals surface area contributed by atoms with Gasteiger partial charge in [0, 0.05) is 25.7 Å². The van der Waals surface area contributed by atoms with Crippen LogP contribution < -0.4 is 15.5 Å². The molecule has 6 heteroatoms. The van der Waals surface area contributed by atoms with Crippen LogP contribution in [0.25, 0.3) is 0 Å². The van der Waals surface area contributed by atoms with E-state index >= 15 is 0 Å². The number of hydrogen-bond donors (Lipinski definition) is 1. The first-order valence-corrected chi connectivity index (χ1v) is 7.81. The predicted octanol–water partition coefficient (Wildman–Crippen LogP) is 1.82. The zero-order valence-corrected chi connectivity index (χ0v) is 12.3. The Hall–Kier alpha value is -1.59. The molecule has 0 unspecified atom stereocenters. The topological polar surface area (TPSA) is 71.2 Å². The van der Waals surface area contributed by atoms with Gasteiger partial charge in [-0.25, -0.2) is 0 Å². The lowest BCUT2D eigenvalue weighted by molar-refractivity contribution is 0.690. The van der Waals surface area contributed by atoms with Gasteiger partial charge >= 0.3 is 0 Å². The highest BCUT2D eigenvalue weighted by Gasteiger charge is 2.31. The first-order valence-electron chi connectivity index (χ1n) is 7.81. The van der Waals surface area contributed by atoms with E-state index in [0.29, 0.717) is 12.0 Å². The molecule has 2 fully saturated rings. The van der Waals surface area contributed by atoms with Crippen LogP contribution in [0.5, 0.6) is 0 Å². The van der Waals surface area contributed by atoms with Crippen LogP contribution >= 0.6 is 0 Å². The number of nitrogens with two attached hydrogens (primary N) is 1. The van der Waals surface area contributed by atoms with Crippen molar-refractivity contribution in [2.45, 2.75) is 51.5 Å². The van der Waals surface area contributed by atoms with Crippen molar-refractivity contribution < 1.29 is 0 Å². The van der Waals surface area contributed by atoms with Gasteiger partial charge in [0.1, 0.15) is 0 Å². The molecule has 2 aliphatic rings. The number of anilines is 3. The maximum absolute atomic E-state index is 5.90. The van der Waals surface area contributed by atoms with Gasteiger partial charge in [-0.05, 0) is 32.1 Å². The quantitative estimate of drug-likeness (QED) is 0.854. The average molecular weight is 276 g/mol. The molecule has 0 bridgehead atoms. The molecule has 2 heterocycles. The maximum atomic E-state index is 5.90. The fraction of sp³-hybridized carbons (Fsp3) is 0.786. The number of nitrogen functional groups attached to an aromatic ring is 1. The zero-order chi connectivity index (χ0) is 13.9. The molecule has 0 spiro atoms. The van der Waals surface area contributed by atoms with Crippen LogP contribution in [0, 0.1) is 0 Å². The van der Waals surface area contributed by atoms with Crippen LogP contribution in [0.2, 0.25) is 0 Å². The van der Waals surface area contributed by atoms with Crippen molar-refractivity contribution in [2.24, 2.45) is 0 Å². The molecule has 2 N–H and O–H groups in total. The summed E-state index contributed by atoms with van der Waals surface area (Å²) >= 11 is 0. The predicted molar refractivity (Wildman–Crippen MR) is 81.0 cm³/mol. The third-order valence-electron chi connectivity index (χ3n) is 4.02. The number of hydrogen-bond acceptors (Lipinski definition) is 6. The molecule has 1 aromatic rings. The third-order valence-corrected chi connectivity index (χ3v) is 4.02. The fourth-order valence-electron chi connectivity index (χ4n) is 2.72. The summed E-state index contributed by atoms with van der Waals surface area (Å²) in [5, 5.41) is 0. The summed E-state index contributed by atoms with van der Waals surface area (Å²) in [5.74, 6) is 1.88.